The van der Waals surface area contributed by atoms with Gasteiger partial charge < -0.3 is 20.7 Å². The van der Waals surface area contributed by atoms with Crippen LogP contribution in [0.5, 0.6) is 5.75 Å². The number of nitriles is 1. The molecule has 1 aliphatic heterocycles. The van der Waals surface area contributed by atoms with Crippen LogP contribution in [-0.2, 0) is 4.79 Å². The van der Waals surface area contributed by atoms with Gasteiger partial charge in [0.25, 0.3) is 0 Å². The number of carbonyl (C=O) groups excluding carboxylic acids is 1. The van der Waals surface area contributed by atoms with Crippen LogP contribution in [0.4, 0.5) is 17.1 Å². The van der Waals surface area contributed by atoms with Crippen LogP contribution >= 0.6 is 0 Å². The van der Waals surface area contributed by atoms with Gasteiger partial charge in [-0.25, -0.2) is 0 Å². The number of fused-ring (bicyclic) bond motifs is 1. The number of anilines is 3. The number of nitrogens with zero attached hydrogens (tertiary/aromatic N) is 2. The number of aromatic nitrogens is 1. The fourth-order valence-electron chi connectivity index (χ4n) is 3.89. The van der Waals surface area contributed by atoms with E-state index in [0.29, 0.717) is 40.2 Å². The first-order valence-corrected chi connectivity index (χ1v) is 11.2. The molecule has 170 valence electrons. The highest BCUT2D eigenvalue weighted by Gasteiger charge is 2.16. The van der Waals surface area contributed by atoms with E-state index in [1.807, 2.05) is 31.2 Å². The summed E-state index contributed by atoms with van der Waals surface area (Å²) in [5, 5.41) is 20.0. The third-order valence-corrected chi connectivity index (χ3v) is 5.53. The lowest BCUT2D eigenvalue weighted by molar-refractivity contribution is -0.112. The van der Waals surface area contributed by atoms with E-state index in [-0.39, 0.29) is 5.91 Å². The molecule has 4 rings (SSSR count). The number of amides is 1. The predicted molar refractivity (Wildman–Crippen MR) is 134 cm³/mol. The average Bonchev–Trinajstić information content (AvgIpc) is 2.85. The zero-order valence-corrected chi connectivity index (χ0v) is 18.9. The van der Waals surface area contributed by atoms with Crippen molar-refractivity contribution in [1.29, 1.82) is 5.26 Å². The Bertz CT molecular complexity index is 1340. The molecule has 34 heavy (non-hydrogen) atoms. The minimum Gasteiger partial charge on any atom is -0.492 e. The van der Waals surface area contributed by atoms with Crippen molar-refractivity contribution in [3.8, 4) is 24.2 Å². The van der Waals surface area contributed by atoms with Crippen molar-refractivity contribution in [2.75, 3.05) is 30.3 Å². The summed E-state index contributed by atoms with van der Waals surface area (Å²) < 4.78 is 5.79. The topological polar surface area (TPSA) is 99.1 Å². The Morgan fingerprint density at radius 1 is 1.29 bits per heavy atom. The second-order valence-electron chi connectivity index (χ2n) is 7.85. The number of nitrogens with one attached hydrogen (secondary N) is 3. The molecule has 2 heterocycles. The summed E-state index contributed by atoms with van der Waals surface area (Å²) in [4.78, 5) is 17.2. The normalized spacial score (nSPS) is 13.0. The Kier molecular flexibility index (Phi) is 7.07. The zero-order valence-electron chi connectivity index (χ0n) is 18.9. The van der Waals surface area contributed by atoms with Crippen LogP contribution in [0.25, 0.3) is 10.9 Å². The minimum atomic E-state index is -0.210. The minimum absolute atomic E-state index is 0.210. The molecule has 0 saturated carbocycles. The summed E-state index contributed by atoms with van der Waals surface area (Å²) in [5.41, 5.74) is 4.68. The molecule has 7 nitrogen and oxygen atoms in total. The van der Waals surface area contributed by atoms with Gasteiger partial charge in [0.1, 0.15) is 11.8 Å². The van der Waals surface area contributed by atoms with Gasteiger partial charge in [0.2, 0.25) is 5.91 Å². The maximum atomic E-state index is 12.8. The van der Waals surface area contributed by atoms with Crippen molar-refractivity contribution in [2.24, 2.45) is 0 Å². The second-order valence-corrected chi connectivity index (χ2v) is 7.85. The number of benzene rings is 2. The van der Waals surface area contributed by atoms with Gasteiger partial charge in [0, 0.05) is 35.0 Å². The van der Waals surface area contributed by atoms with Crippen molar-refractivity contribution in [2.45, 2.75) is 19.8 Å². The standard InChI is InChI=1S/C27H25N5O2/c1-3-18-6-5-7-21(12-18)31-27-20(16-28)17-30-23-15-25(34-4-2)24(14-22(23)27)32-26(33)13-19-8-10-29-11-9-19/h1,5-7,12-15,17,29H,4,8-11H2,2H3,(H,30,31)(H,32,33). The number of piperidine rings is 1. The van der Waals surface area contributed by atoms with Gasteiger partial charge in [-0.15, -0.1) is 6.42 Å². The molecular weight excluding hydrogens is 426 g/mol. The van der Waals surface area contributed by atoms with Crippen molar-refractivity contribution in [1.82, 2.24) is 10.3 Å². The number of ether oxygens (including phenoxy) is 1. The van der Waals surface area contributed by atoms with Crippen LogP contribution < -0.4 is 20.7 Å². The lowest BCUT2D eigenvalue weighted by Crippen LogP contribution is -2.24. The third kappa shape index (κ3) is 5.17. The monoisotopic (exact) mass is 451 g/mol. The van der Waals surface area contributed by atoms with Gasteiger partial charge in [-0.1, -0.05) is 17.6 Å². The van der Waals surface area contributed by atoms with Gasteiger partial charge in [-0.05, 0) is 57.1 Å². The summed E-state index contributed by atoms with van der Waals surface area (Å²) in [7, 11) is 0. The highest BCUT2D eigenvalue weighted by Crippen LogP contribution is 2.36. The number of terminal acetylenes is 1. The van der Waals surface area contributed by atoms with E-state index >= 15 is 0 Å². The Labute approximate surface area is 198 Å². The molecule has 7 heteroatoms. The molecule has 3 N–H and O–H groups in total. The lowest BCUT2D eigenvalue weighted by Gasteiger charge is -2.17. The zero-order chi connectivity index (χ0) is 23.9. The third-order valence-electron chi connectivity index (χ3n) is 5.53. The SMILES string of the molecule is C#Cc1cccc(Nc2c(C#N)cnc3cc(OCC)c(NC(=O)C=C4CCNCC4)cc23)c1. The molecule has 0 radical (unpaired) electrons. The van der Waals surface area contributed by atoms with Gasteiger partial charge in [0.05, 0.1) is 29.1 Å². The molecule has 0 spiro atoms. The van der Waals surface area contributed by atoms with Gasteiger partial charge in [0.15, 0.2) is 0 Å². The number of hydrogen-bond acceptors (Lipinski definition) is 6. The molecular formula is C27H25N5O2. The van der Waals surface area contributed by atoms with E-state index in [2.05, 4.69) is 32.9 Å². The quantitative estimate of drug-likeness (QED) is 0.378. The molecule has 1 saturated heterocycles. The van der Waals surface area contributed by atoms with Crippen molar-refractivity contribution in [3.05, 3.63) is 65.4 Å². The summed E-state index contributed by atoms with van der Waals surface area (Å²) in [6.07, 6.45) is 10.4. The van der Waals surface area contributed by atoms with Crippen molar-refractivity contribution >= 4 is 33.9 Å². The van der Waals surface area contributed by atoms with E-state index < -0.39 is 0 Å². The summed E-state index contributed by atoms with van der Waals surface area (Å²) in [6, 6.07) is 13.1. The van der Waals surface area contributed by atoms with Gasteiger partial charge >= 0.3 is 0 Å². The molecule has 2 aromatic carbocycles. The predicted octanol–water partition coefficient (Wildman–Crippen LogP) is 4.48. The van der Waals surface area contributed by atoms with E-state index in [9.17, 15) is 10.1 Å². The van der Waals surface area contributed by atoms with Crippen LogP contribution in [0.3, 0.4) is 0 Å². The smallest absolute Gasteiger partial charge is 0.248 e. The molecule has 0 bridgehead atoms. The Morgan fingerprint density at radius 2 is 2.12 bits per heavy atom. The molecule has 0 aliphatic carbocycles. The first-order valence-electron chi connectivity index (χ1n) is 11.2. The fraction of sp³-hybridized carbons (Fsp3) is 0.222. The molecule has 3 aromatic rings. The molecule has 1 amide bonds. The first-order chi connectivity index (χ1) is 16.6. The van der Waals surface area contributed by atoms with E-state index in [4.69, 9.17) is 11.2 Å². The Hall–Kier alpha value is -4.33. The largest absolute Gasteiger partial charge is 0.492 e. The van der Waals surface area contributed by atoms with Crippen molar-refractivity contribution < 1.29 is 9.53 Å². The van der Waals surface area contributed by atoms with Gasteiger partial charge in [-0.2, -0.15) is 5.26 Å². The maximum absolute atomic E-state index is 12.8. The average molecular weight is 452 g/mol. The molecule has 1 aromatic heterocycles. The first kappa shape index (κ1) is 22.8. The maximum Gasteiger partial charge on any atom is 0.248 e. The fourth-order valence-corrected chi connectivity index (χ4v) is 3.89. The van der Waals surface area contributed by atoms with Crippen LogP contribution in [0.2, 0.25) is 0 Å². The lowest BCUT2D eigenvalue weighted by atomic mass is 10.0. The highest BCUT2D eigenvalue weighted by molar-refractivity contribution is 6.05. The van der Waals surface area contributed by atoms with Crippen LogP contribution in [0.15, 0.2) is 54.2 Å². The summed E-state index contributed by atoms with van der Waals surface area (Å²) in [6.45, 7) is 4.06. The number of hydrogen-bond donors (Lipinski definition) is 3. The highest BCUT2D eigenvalue weighted by atomic mass is 16.5. The Morgan fingerprint density at radius 3 is 2.85 bits per heavy atom. The molecule has 1 aliphatic rings. The number of carbonyl (C=O) groups is 1. The van der Waals surface area contributed by atoms with E-state index in [0.717, 1.165) is 42.8 Å². The second kappa shape index (κ2) is 10.5. The van der Waals surface area contributed by atoms with Gasteiger partial charge in [-0.3, -0.25) is 9.78 Å². The van der Waals surface area contributed by atoms with Crippen molar-refractivity contribution in [3.63, 3.8) is 0 Å². The number of rotatable bonds is 6. The molecule has 1 fully saturated rings. The van der Waals surface area contributed by atoms with E-state index in [1.54, 1.807) is 18.2 Å². The molecule has 0 atom stereocenters. The summed E-state index contributed by atoms with van der Waals surface area (Å²) in [5.74, 6) is 2.92. The van der Waals surface area contributed by atoms with Crippen LogP contribution in [0, 0.1) is 23.7 Å². The van der Waals surface area contributed by atoms with Crippen LogP contribution in [-0.4, -0.2) is 30.6 Å². The Balaban J connectivity index is 1.76. The number of pyridine rings is 1. The van der Waals surface area contributed by atoms with E-state index in [1.165, 1.54) is 6.20 Å². The van der Waals surface area contributed by atoms with Crippen LogP contribution in [0.1, 0.15) is 30.9 Å². The molecule has 0 unspecified atom stereocenters. The summed E-state index contributed by atoms with van der Waals surface area (Å²) >= 11 is 0.